The van der Waals surface area contributed by atoms with Gasteiger partial charge in [-0.2, -0.15) is 0 Å². The van der Waals surface area contributed by atoms with Gasteiger partial charge in [-0.1, -0.05) is 6.92 Å². The second-order valence-electron chi connectivity index (χ2n) is 8.23. The molecule has 1 aliphatic heterocycles. The van der Waals surface area contributed by atoms with E-state index in [9.17, 15) is 23.3 Å². The summed E-state index contributed by atoms with van der Waals surface area (Å²) in [6.07, 6.45) is 1.90. The zero-order valence-electron chi connectivity index (χ0n) is 19.1. The fraction of sp³-hybridized carbons (Fsp3) is 0.409. The van der Waals surface area contributed by atoms with Crippen molar-refractivity contribution in [3.63, 3.8) is 0 Å². The van der Waals surface area contributed by atoms with Crippen LogP contribution in [0.25, 0.3) is 0 Å². The van der Waals surface area contributed by atoms with Gasteiger partial charge in [-0.05, 0) is 49.1 Å². The van der Waals surface area contributed by atoms with Crippen molar-refractivity contribution in [3.8, 4) is 5.75 Å². The number of nitrogens with one attached hydrogen (secondary N) is 1. The van der Waals surface area contributed by atoms with E-state index in [-0.39, 0.29) is 27.6 Å². The molecule has 1 heterocycles. The summed E-state index contributed by atoms with van der Waals surface area (Å²) in [4.78, 5) is 26.1. The predicted octanol–water partition coefficient (Wildman–Crippen LogP) is 3.34. The number of benzene rings is 2. The van der Waals surface area contributed by atoms with Crippen molar-refractivity contribution in [2.75, 3.05) is 44.5 Å². The molecule has 0 bridgehead atoms. The van der Waals surface area contributed by atoms with E-state index in [0.717, 1.165) is 30.2 Å². The van der Waals surface area contributed by atoms with Crippen molar-refractivity contribution < 1.29 is 22.9 Å². The summed E-state index contributed by atoms with van der Waals surface area (Å²) in [7, 11) is 0.468. The third-order valence-electron chi connectivity index (χ3n) is 5.76. The first kappa shape index (κ1) is 24.5. The number of rotatable bonds is 7. The number of sulfonamides is 1. The van der Waals surface area contributed by atoms with Crippen LogP contribution >= 0.6 is 0 Å². The summed E-state index contributed by atoms with van der Waals surface area (Å²) in [5.74, 6) is 0.219. The molecule has 2 aromatic carbocycles. The van der Waals surface area contributed by atoms with Gasteiger partial charge in [0.15, 0.2) is 0 Å². The van der Waals surface area contributed by atoms with E-state index in [0.29, 0.717) is 11.6 Å². The Morgan fingerprint density at radius 1 is 1.18 bits per heavy atom. The van der Waals surface area contributed by atoms with Crippen LogP contribution in [0.1, 0.15) is 30.1 Å². The third-order valence-corrected chi connectivity index (χ3v) is 7.57. The van der Waals surface area contributed by atoms with E-state index in [1.165, 1.54) is 51.5 Å². The molecule has 1 fully saturated rings. The number of nitro groups is 1. The molecule has 1 aliphatic rings. The molecule has 2 aromatic rings. The summed E-state index contributed by atoms with van der Waals surface area (Å²) >= 11 is 0. The molecule has 0 atom stereocenters. The van der Waals surface area contributed by atoms with Crippen molar-refractivity contribution >= 4 is 33.0 Å². The second kappa shape index (κ2) is 9.75. The number of carbonyl (C=O) groups excluding carboxylic acids is 1. The molecule has 1 N–H and O–H groups in total. The number of piperidine rings is 1. The van der Waals surface area contributed by atoms with Crippen LogP contribution < -0.4 is 15.0 Å². The van der Waals surface area contributed by atoms with Crippen molar-refractivity contribution in [1.29, 1.82) is 0 Å². The van der Waals surface area contributed by atoms with Gasteiger partial charge in [0.1, 0.15) is 11.4 Å². The summed E-state index contributed by atoms with van der Waals surface area (Å²) in [6.45, 7) is 3.60. The molecule has 33 heavy (non-hydrogen) atoms. The number of hydrogen-bond acceptors (Lipinski definition) is 7. The SMILES string of the molecule is COc1ccc(S(=O)(=O)N(C)C)cc1NC(=O)c1ccc(N2CCC(C)CC2)c([N+](=O)[O-])c1. The first-order valence-corrected chi connectivity index (χ1v) is 11.9. The van der Waals surface area contributed by atoms with Crippen LogP contribution in [0, 0.1) is 16.0 Å². The summed E-state index contributed by atoms with van der Waals surface area (Å²) < 4.78 is 31.2. The van der Waals surface area contributed by atoms with Gasteiger partial charge < -0.3 is 15.0 Å². The van der Waals surface area contributed by atoms with E-state index in [1.54, 1.807) is 6.07 Å². The quantitative estimate of drug-likeness (QED) is 0.480. The average Bonchev–Trinajstić information content (AvgIpc) is 2.79. The molecule has 0 radical (unpaired) electrons. The third kappa shape index (κ3) is 5.25. The number of nitro benzene ring substituents is 1. The number of amides is 1. The molecule has 0 aromatic heterocycles. The highest BCUT2D eigenvalue weighted by molar-refractivity contribution is 7.89. The van der Waals surface area contributed by atoms with E-state index >= 15 is 0 Å². The molecule has 11 heteroatoms. The van der Waals surface area contributed by atoms with Gasteiger partial charge in [0.25, 0.3) is 11.6 Å². The summed E-state index contributed by atoms with van der Waals surface area (Å²) in [5.41, 5.74) is 0.564. The maximum absolute atomic E-state index is 12.9. The van der Waals surface area contributed by atoms with Gasteiger partial charge in [-0.15, -0.1) is 0 Å². The molecular formula is C22H28N4O6S. The molecule has 0 unspecified atom stereocenters. The highest BCUT2D eigenvalue weighted by atomic mass is 32.2. The largest absolute Gasteiger partial charge is 0.495 e. The fourth-order valence-electron chi connectivity index (χ4n) is 3.68. The maximum atomic E-state index is 12.9. The van der Waals surface area contributed by atoms with Crippen LogP contribution in [0.5, 0.6) is 5.75 Å². The van der Waals surface area contributed by atoms with E-state index < -0.39 is 20.9 Å². The lowest BCUT2D eigenvalue weighted by Gasteiger charge is -2.31. The summed E-state index contributed by atoms with van der Waals surface area (Å²) in [5, 5.41) is 14.4. The number of ether oxygens (including phenoxy) is 1. The highest BCUT2D eigenvalue weighted by Crippen LogP contribution is 2.33. The number of carbonyl (C=O) groups is 1. The zero-order chi connectivity index (χ0) is 24.3. The van der Waals surface area contributed by atoms with Gasteiger partial charge in [0.05, 0.1) is 22.6 Å². The number of methoxy groups -OCH3 is 1. The lowest BCUT2D eigenvalue weighted by Crippen LogP contribution is -2.33. The van der Waals surface area contributed by atoms with Crippen LogP contribution in [0.3, 0.4) is 0 Å². The van der Waals surface area contributed by atoms with Crippen LogP contribution in [0.4, 0.5) is 17.1 Å². The average molecular weight is 477 g/mol. The van der Waals surface area contributed by atoms with Crippen molar-refractivity contribution in [2.45, 2.75) is 24.7 Å². The van der Waals surface area contributed by atoms with Crippen LogP contribution in [-0.2, 0) is 10.0 Å². The predicted molar refractivity (Wildman–Crippen MR) is 126 cm³/mol. The molecule has 1 amide bonds. The molecule has 178 valence electrons. The molecule has 10 nitrogen and oxygen atoms in total. The Morgan fingerprint density at radius 3 is 2.42 bits per heavy atom. The Hall–Kier alpha value is -3.18. The van der Waals surface area contributed by atoms with Gasteiger partial charge >= 0.3 is 0 Å². The Morgan fingerprint density at radius 2 is 1.85 bits per heavy atom. The Bertz CT molecular complexity index is 1160. The first-order valence-electron chi connectivity index (χ1n) is 10.5. The minimum Gasteiger partial charge on any atom is -0.495 e. The van der Waals surface area contributed by atoms with Gasteiger partial charge in [0, 0.05) is 38.8 Å². The number of nitrogens with zero attached hydrogens (tertiary/aromatic N) is 3. The van der Waals surface area contributed by atoms with Crippen LogP contribution in [0.2, 0.25) is 0 Å². The highest BCUT2D eigenvalue weighted by Gasteiger charge is 2.25. The standard InChI is InChI=1S/C22H28N4O6S/c1-15-9-11-25(12-10-15)19-7-5-16(13-20(19)26(28)29)22(27)23-18-14-17(6-8-21(18)32-4)33(30,31)24(2)3/h5-8,13-15H,9-12H2,1-4H3,(H,23,27). The minimum atomic E-state index is -3.73. The Kier molecular flexibility index (Phi) is 7.23. The number of anilines is 2. The van der Waals surface area contributed by atoms with E-state index in [4.69, 9.17) is 4.74 Å². The number of hydrogen-bond donors (Lipinski definition) is 1. The molecule has 0 spiro atoms. The molecule has 0 saturated carbocycles. The fourth-order valence-corrected chi connectivity index (χ4v) is 4.61. The van der Waals surface area contributed by atoms with Crippen molar-refractivity contribution in [1.82, 2.24) is 4.31 Å². The normalized spacial score (nSPS) is 14.9. The lowest BCUT2D eigenvalue weighted by atomic mass is 9.98. The molecular weight excluding hydrogens is 448 g/mol. The maximum Gasteiger partial charge on any atom is 0.293 e. The van der Waals surface area contributed by atoms with E-state index in [2.05, 4.69) is 12.2 Å². The lowest BCUT2D eigenvalue weighted by molar-refractivity contribution is -0.384. The first-order chi connectivity index (χ1) is 15.5. The second-order valence-corrected chi connectivity index (χ2v) is 10.4. The topological polar surface area (TPSA) is 122 Å². The molecule has 0 aliphatic carbocycles. The van der Waals surface area contributed by atoms with Crippen molar-refractivity contribution in [3.05, 3.63) is 52.1 Å². The molecule has 3 rings (SSSR count). The van der Waals surface area contributed by atoms with Gasteiger partial charge in [-0.3, -0.25) is 14.9 Å². The zero-order valence-corrected chi connectivity index (χ0v) is 19.9. The molecule has 1 saturated heterocycles. The monoisotopic (exact) mass is 476 g/mol. The minimum absolute atomic E-state index is 0.0238. The van der Waals surface area contributed by atoms with Gasteiger partial charge in [0.2, 0.25) is 10.0 Å². The Balaban J connectivity index is 1.91. The smallest absolute Gasteiger partial charge is 0.293 e. The van der Waals surface area contributed by atoms with Crippen LogP contribution in [0.15, 0.2) is 41.3 Å². The Labute approximate surface area is 193 Å². The van der Waals surface area contributed by atoms with E-state index in [1.807, 2.05) is 4.90 Å². The summed E-state index contributed by atoms with van der Waals surface area (Å²) in [6, 6.07) is 8.48. The van der Waals surface area contributed by atoms with Gasteiger partial charge in [-0.25, -0.2) is 12.7 Å². The van der Waals surface area contributed by atoms with Crippen molar-refractivity contribution in [2.24, 2.45) is 5.92 Å². The van der Waals surface area contributed by atoms with Crippen LogP contribution in [-0.4, -0.2) is 57.8 Å².